The zero-order valence-corrected chi connectivity index (χ0v) is 7.48. The Morgan fingerprint density at radius 3 is 2.75 bits per heavy atom. The van der Waals surface area contributed by atoms with E-state index in [0.717, 1.165) is 0 Å². The molecule has 12 heavy (non-hydrogen) atoms. The predicted molar refractivity (Wildman–Crippen MR) is 45.2 cm³/mol. The molecule has 0 aliphatic heterocycles. The Balaban J connectivity index is 3.01. The highest BCUT2D eigenvalue weighted by Gasteiger charge is 2.11. The summed E-state index contributed by atoms with van der Waals surface area (Å²) in [5, 5.41) is 9.50. The molecule has 0 aromatic carbocycles. The number of aliphatic hydroxyl groups is 1. The van der Waals surface area contributed by atoms with Gasteiger partial charge in [0.15, 0.2) is 0 Å². The molecule has 1 unspecified atom stereocenters. The molecule has 1 rings (SSSR count). The van der Waals surface area contributed by atoms with E-state index in [1.54, 1.807) is 0 Å². The summed E-state index contributed by atoms with van der Waals surface area (Å²) in [5.41, 5.74) is 0.253. The minimum Gasteiger partial charge on any atom is -0.386 e. The van der Waals surface area contributed by atoms with Crippen LogP contribution in [0.3, 0.4) is 0 Å². The van der Waals surface area contributed by atoms with Crippen LogP contribution >= 0.6 is 23.2 Å². The second-order valence-corrected chi connectivity index (χ2v) is 2.99. The maximum atomic E-state index is 12.0. The van der Waals surface area contributed by atoms with Crippen LogP contribution in [0, 0.1) is 0 Å². The van der Waals surface area contributed by atoms with Crippen LogP contribution in [0.2, 0.25) is 10.2 Å². The Hall–Kier alpha value is -0.380. The number of rotatable bonds is 2. The minimum atomic E-state index is -1.22. The van der Waals surface area contributed by atoms with Gasteiger partial charge in [0.05, 0.1) is 5.02 Å². The Kier molecular flexibility index (Phi) is 3.26. The molecule has 1 aromatic heterocycles. The topological polar surface area (TPSA) is 33.1 Å². The number of pyridine rings is 1. The van der Waals surface area contributed by atoms with Crippen molar-refractivity contribution in [1.82, 2.24) is 4.98 Å². The second-order valence-electron chi connectivity index (χ2n) is 2.20. The van der Waals surface area contributed by atoms with E-state index in [4.69, 9.17) is 28.3 Å². The summed E-state index contributed by atoms with van der Waals surface area (Å²) in [5.74, 6) is 0. The van der Waals surface area contributed by atoms with Gasteiger partial charge in [0.2, 0.25) is 0 Å². The first-order chi connectivity index (χ1) is 5.65. The number of halogens is 3. The molecule has 0 radical (unpaired) electrons. The number of alkyl halides is 1. The van der Waals surface area contributed by atoms with Gasteiger partial charge in [0.25, 0.3) is 0 Å². The Labute approximate surface area is 78.9 Å². The molecule has 0 spiro atoms. The molecular weight excluding hydrogens is 204 g/mol. The van der Waals surface area contributed by atoms with Gasteiger partial charge in [0.1, 0.15) is 17.9 Å². The van der Waals surface area contributed by atoms with Gasteiger partial charge in [-0.2, -0.15) is 0 Å². The third-order valence-corrected chi connectivity index (χ3v) is 1.89. The molecule has 1 atom stereocenters. The molecule has 0 saturated carbocycles. The van der Waals surface area contributed by atoms with Crippen LogP contribution in [0.5, 0.6) is 0 Å². The van der Waals surface area contributed by atoms with E-state index < -0.39 is 12.8 Å². The molecule has 1 N–H and O–H groups in total. The van der Waals surface area contributed by atoms with Crippen molar-refractivity contribution in [2.75, 3.05) is 6.67 Å². The van der Waals surface area contributed by atoms with Crippen LogP contribution < -0.4 is 0 Å². The van der Waals surface area contributed by atoms with Gasteiger partial charge >= 0.3 is 0 Å². The van der Waals surface area contributed by atoms with Crippen molar-refractivity contribution < 1.29 is 9.50 Å². The normalized spacial score (nSPS) is 13.0. The Morgan fingerprint density at radius 2 is 2.25 bits per heavy atom. The highest BCUT2D eigenvalue weighted by Crippen LogP contribution is 2.24. The van der Waals surface area contributed by atoms with E-state index in [2.05, 4.69) is 4.98 Å². The van der Waals surface area contributed by atoms with Crippen molar-refractivity contribution in [3.8, 4) is 0 Å². The maximum absolute atomic E-state index is 12.0. The summed E-state index contributed by atoms with van der Waals surface area (Å²) >= 11 is 11.1. The van der Waals surface area contributed by atoms with Crippen molar-refractivity contribution in [2.45, 2.75) is 6.10 Å². The molecule has 0 saturated heterocycles. The molecule has 0 bridgehead atoms. The number of aromatic nitrogens is 1. The van der Waals surface area contributed by atoms with Gasteiger partial charge in [-0.1, -0.05) is 23.2 Å². The van der Waals surface area contributed by atoms with Gasteiger partial charge in [-0.25, -0.2) is 9.37 Å². The van der Waals surface area contributed by atoms with E-state index in [9.17, 15) is 4.39 Å². The predicted octanol–water partition coefficient (Wildman–Crippen LogP) is 2.39. The van der Waals surface area contributed by atoms with E-state index in [1.165, 1.54) is 12.3 Å². The van der Waals surface area contributed by atoms with E-state index in [-0.39, 0.29) is 15.7 Å². The van der Waals surface area contributed by atoms with Gasteiger partial charge in [0, 0.05) is 11.8 Å². The summed E-state index contributed by atoms with van der Waals surface area (Å²) in [7, 11) is 0. The zero-order valence-electron chi connectivity index (χ0n) is 5.97. The fourth-order valence-corrected chi connectivity index (χ4v) is 1.24. The average molecular weight is 210 g/mol. The fourth-order valence-electron chi connectivity index (χ4n) is 0.746. The molecule has 0 aliphatic carbocycles. The molecule has 0 aliphatic rings. The highest BCUT2D eigenvalue weighted by atomic mass is 35.5. The zero-order chi connectivity index (χ0) is 9.14. The minimum absolute atomic E-state index is 0.217. The molecule has 0 amide bonds. The van der Waals surface area contributed by atoms with Crippen LogP contribution in [0.15, 0.2) is 12.3 Å². The lowest BCUT2D eigenvalue weighted by Gasteiger charge is -2.07. The smallest absolute Gasteiger partial charge is 0.130 e. The Morgan fingerprint density at radius 1 is 1.58 bits per heavy atom. The van der Waals surface area contributed by atoms with Crippen molar-refractivity contribution in [2.24, 2.45) is 0 Å². The standard InChI is InChI=1S/C7H6Cl2FNO/c8-5-1-7(9)11-3-4(5)6(12)2-10/h1,3,6,12H,2H2. The average Bonchev–Trinajstić information content (AvgIpc) is 2.03. The van der Waals surface area contributed by atoms with E-state index in [1.807, 2.05) is 0 Å². The van der Waals surface area contributed by atoms with E-state index in [0.29, 0.717) is 0 Å². The molecule has 66 valence electrons. The van der Waals surface area contributed by atoms with Gasteiger partial charge < -0.3 is 5.11 Å². The molecule has 1 aromatic rings. The van der Waals surface area contributed by atoms with E-state index >= 15 is 0 Å². The van der Waals surface area contributed by atoms with Gasteiger partial charge in [-0.3, -0.25) is 0 Å². The monoisotopic (exact) mass is 209 g/mol. The summed E-state index contributed by atoms with van der Waals surface area (Å²) in [6.45, 7) is -0.886. The quantitative estimate of drug-likeness (QED) is 0.760. The summed E-state index contributed by atoms with van der Waals surface area (Å²) in [4.78, 5) is 3.66. The first-order valence-electron chi connectivity index (χ1n) is 3.20. The van der Waals surface area contributed by atoms with Crippen molar-refractivity contribution >= 4 is 23.2 Å². The molecular formula is C7H6Cl2FNO. The first-order valence-corrected chi connectivity index (χ1v) is 3.95. The van der Waals surface area contributed by atoms with Crippen LogP contribution in [-0.2, 0) is 0 Å². The number of nitrogens with zero attached hydrogens (tertiary/aromatic N) is 1. The van der Waals surface area contributed by atoms with Gasteiger partial charge in [-0.05, 0) is 6.07 Å². The number of aliphatic hydroxyl groups excluding tert-OH is 1. The van der Waals surface area contributed by atoms with Crippen LogP contribution in [0.25, 0.3) is 0 Å². The van der Waals surface area contributed by atoms with Gasteiger partial charge in [-0.15, -0.1) is 0 Å². The third kappa shape index (κ3) is 2.06. The SMILES string of the molecule is OC(CF)c1cnc(Cl)cc1Cl. The van der Waals surface area contributed by atoms with Crippen molar-refractivity contribution in [3.05, 3.63) is 28.0 Å². The highest BCUT2D eigenvalue weighted by molar-refractivity contribution is 6.34. The molecule has 2 nitrogen and oxygen atoms in total. The lowest BCUT2D eigenvalue weighted by Crippen LogP contribution is -2.00. The van der Waals surface area contributed by atoms with Crippen LogP contribution in [0.1, 0.15) is 11.7 Å². The van der Waals surface area contributed by atoms with Crippen LogP contribution in [-0.4, -0.2) is 16.8 Å². The fraction of sp³-hybridized carbons (Fsp3) is 0.286. The lowest BCUT2D eigenvalue weighted by atomic mass is 10.2. The summed E-state index contributed by atoms with van der Waals surface area (Å²) < 4.78 is 12.0. The van der Waals surface area contributed by atoms with Crippen molar-refractivity contribution in [3.63, 3.8) is 0 Å². The lowest BCUT2D eigenvalue weighted by molar-refractivity contribution is 0.141. The third-order valence-electron chi connectivity index (χ3n) is 1.35. The van der Waals surface area contributed by atoms with Crippen molar-refractivity contribution in [1.29, 1.82) is 0 Å². The Bertz CT molecular complexity index is 282. The molecule has 1 heterocycles. The molecule has 5 heteroatoms. The van der Waals surface area contributed by atoms with Crippen LogP contribution in [0.4, 0.5) is 4.39 Å². The second kappa shape index (κ2) is 4.03. The number of hydrogen-bond donors (Lipinski definition) is 1. The summed E-state index contributed by atoms with van der Waals surface area (Å²) in [6, 6.07) is 1.36. The first kappa shape index (κ1) is 9.71. The number of hydrogen-bond acceptors (Lipinski definition) is 2. The largest absolute Gasteiger partial charge is 0.386 e. The maximum Gasteiger partial charge on any atom is 0.130 e. The molecule has 0 fully saturated rings. The summed E-state index contributed by atoms with van der Waals surface area (Å²) in [6.07, 6.45) is 0.0387.